The quantitative estimate of drug-likeness (QED) is 0.425. The van der Waals surface area contributed by atoms with Crippen LogP contribution in [0, 0.1) is 11.8 Å². The molecule has 1 N–H and O–H groups in total. The van der Waals surface area contributed by atoms with Crippen LogP contribution < -0.4 is 5.32 Å². The Morgan fingerprint density at radius 1 is 1.19 bits per heavy atom. The van der Waals surface area contributed by atoms with Crippen molar-refractivity contribution < 1.29 is 0 Å². The average Bonchev–Trinajstić information content (AvgIpc) is 3.20. The van der Waals surface area contributed by atoms with Gasteiger partial charge in [-0.25, -0.2) is 9.98 Å². The molecule has 2 aliphatic rings. The number of guanidine groups is 1. The van der Waals surface area contributed by atoms with Gasteiger partial charge in [0.15, 0.2) is 5.96 Å². The van der Waals surface area contributed by atoms with Crippen LogP contribution in [0.15, 0.2) is 29.3 Å². The number of fused-ring (bicyclic) bond motifs is 2. The van der Waals surface area contributed by atoms with Crippen molar-refractivity contribution in [2.24, 2.45) is 23.9 Å². The number of rotatable bonds is 3. The minimum Gasteiger partial charge on any atom is -0.357 e. The van der Waals surface area contributed by atoms with Crippen molar-refractivity contribution in [1.82, 2.24) is 19.8 Å². The van der Waals surface area contributed by atoms with Crippen molar-refractivity contribution in [3.8, 4) is 0 Å². The third-order valence-corrected chi connectivity index (χ3v) is 5.86. The van der Waals surface area contributed by atoms with E-state index in [1.54, 1.807) is 0 Å². The van der Waals surface area contributed by atoms with Crippen molar-refractivity contribution in [3.05, 3.63) is 30.1 Å². The molecule has 26 heavy (non-hydrogen) atoms. The molecule has 1 aromatic carbocycles. The van der Waals surface area contributed by atoms with Crippen LogP contribution in [0.25, 0.3) is 11.0 Å². The molecule has 6 heteroatoms. The monoisotopic (exact) mass is 467 g/mol. The number of nitrogens with zero attached hydrogens (tertiary/aromatic N) is 4. The first-order chi connectivity index (χ1) is 12.3. The van der Waals surface area contributed by atoms with E-state index in [2.05, 4.69) is 47.0 Å². The molecule has 2 heterocycles. The zero-order valence-corrected chi connectivity index (χ0v) is 18.1. The maximum atomic E-state index is 4.93. The van der Waals surface area contributed by atoms with Gasteiger partial charge < -0.3 is 14.8 Å². The molecule has 0 radical (unpaired) electrons. The maximum Gasteiger partial charge on any atom is 0.194 e. The molecule has 2 fully saturated rings. The molecule has 1 aromatic heterocycles. The van der Waals surface area contributed by atoms with Gasteiger partial charge in [0.1, 0.15) is 12.4 Å². The van der Waals surface area contributed by atoms with Crippen molar-refractivity contribution >= 4 is 41.0 Å². The SMILES string of the molecule is CCNC(=NCc1nc2ccccc2n1C)N1CC2CCCCC2C1.I. The predicted molar refractivity (Wildman–Crippen MR) is 118 cm³/mol. The van der Waals surface area contributed by atoms with E-state index in [4.69, 9.17) is 9.98 Å². The lowest BCUT2D eigenvalue weighted by Gasteiger charge is -2.22. The minimum atomic E-state index is 0. The number of likely N-dealkylation sites (tertiary alicyclic amines) is 1. The summed E-state index contributed by atoms with van der Waals surface area (Å²) < 4.78 is 2.16. The number of benzene rings is 1. The largest absolute Gasteiger partial charge is 0.357 e. The van der Waals surface area contributed by atoms with Crippen LogP contribution in [-0.4, -0.2) is 40.0 Å². The Labute approximate surface area is 173 Å². The lowest BCUT2D eigenvalue weighted by Crippen LogP contribution is -2.40. The molecule has 0 spiro atoms. The Kier molecular flexibility index (Phi) is 6.42. The molecular formula is C20H30IN5. The lowest BCUT2D eigenvalue weighted by molar-refractivity contribution is 0.299. The first-order valence-corrected chi connectivity index (χ1v) is 9.70. The molecule has 142 valence electrons. The van der Waals surface area contributed by atoms with Crippen LogP contribution in [0.5, 0.6) is 0 Å². The molecule has 1 aliphatic heterocycles. The number of para-hydroxylation sites is 2. The van der Waals surface area contributed by atoms with Gasteiger partial charge in [-0.2, -0.15) is 0 Å². The van der Waals surface area contributed by atoms with Crippen molar-refractivity contribution in [2.45, 2.75) is 39.2 Å². The van der Waals surface area contributed by atoms with E-state index >= 15 is 0 Å². The van der Waals surface area contributed by atoms with Crippen molar-refractivity contribution in [2.75, 3.05) is 19.6 Å². The molecule has 0 amide bonds. The summed E-state index contributed by atoms with van der Waals surface area (Å²) >= 11 is 0. The summed E-state index contributed by atoms with van der Waals surface area (Å²) in [5, 5.41) is 3.50. The summed E-state index contributed by atoms with van der Waals surface area (Å²) in [6, 6.07) is 8.29. The zero-order valence-electron chi connectivity index (χ0n) is 15.8. The zero-order chi connectivity index (χ0) is 17.2. The summed E-state index contributed by atoms with van der Waals surface area (Å²) in [6.45, 7) is 6.01. The molecule has 1 aliphatic carbocycles. The molecule has 1 saturated carbocycles. The standard InChI is InChI=1S/C20H29N5.HI/c1-3-21-20(25-13-15-8-4-5-9-16(15)14-25)22-12-19-23-17-10-6-7-11-18(17)24(19)2;/h6-7,10-11,15-16H,3-5,8-9,12-14H2,1-2H3,(H,21,22);1H. The second-order valence-corrected chi connectivity index (χ2v) is 7.46. The Hall–Kier alpha value is -1.31. The molecule has 2 unspecified atom stereocenters. The van der Waals surface area contributed by atoms with Crippen LogP contribution in [-0.2, 0) is 13.6 Å². The van der Waals surface area contributed by atoms with Crippen molar-refractivity contribution in [1.29, 1.82) is 0 Å². The number of nitrogens with one attached hydrogen (secondary N) is 1. The van der Waals surface area contributed by atoms with Crippen LogP contribution in [0.4, 0.5) is 0 Å². The fourth-order valence-electron chi connectivity index (χ4n) is 4.49. The van der Waals surface area contributed by atoms with Crippen LogP contribution in [0.2, 0.25) is 0 Å². The Balaban J connectivity index is 0.00000196. The third-order valence-electron chi connectivity index (χ3n) is 5.86. The summed E-state index contributed by atoms with van der Waals surface area (Å²) in [5.41, 5.74) is 2.22. The summed E-state index contributed by atoms with van der Waals surface area (Å²) in [6.07, 6.45) is 5.60. The van der Waals surface area contributed by atoms with Crippen molar-refractivity contribution in [3.63, 3.8) is 0 Å². The predicted octanol–water partition coefficient (Wildman–Crippen LogP) is 3.78. The highest BCUT2D eigenvalue weighted by Crippen LogP contribution is 2.36. The molecule has 4 rings (SSSR count). The van der Waals surface area contributed by atoms with E-state index in [1.165, 1.54) is 44.3 Å². The van der Waals surface area contributed by atoms with E-state index in [-0.39, 0.29) is 24.0 Å². The first kappa shape index (κ1) is 19.5. The number of imidazole rings is 1. The highest BCUT2D eigenvalue weighted by molar-refractivity contribution is 14.0. The first-order valence-electron chi connectivity index (χ1n) is 9.70. The molecular weight excluding hydrogens is 437 g/mol. The summed E-state index contributed by atoms with van der Waals surface area (Å²) in [7, 11) is 2.08. The molecule has 1 saturated heterocycles. The van der Waals surface area contributed by atoms with Gasteiger partial charge in [0.25, 0.3) is 0 Å². The summed E-state index contributed by atoms with van der Waals surface area (Å²) in [4.78, 5) is 12.2. The van der Waals surface area contributed by atoms with E-state index in [9.17, 15) is 0 Å². The van der Waals surface area contributed by atoms with Gasteiger partial charge in [-0.1, -0.05) is 25.0 Å². The Morgan fingerprint density at radius 2 is 1.88 bits per heavy atom. The van der Waals surface area contributed by atoms with E-state index in [1.807, 2.05) is 6.07 Å². The molecule has 5 nitrogen and oxygen atoms in total. The summed E-state index contributed by atoms with van der Waals surface area (Å²) in [5.74, 6) is 3.82. The number of aryl methyl sites for hydroxylation is 1. The number of hydrogen-bond acceptors (Lipinski definition) is 2. The van der Waals surface area contributed by atoms with Gasteiger partial charge in [0, 0.05) is 26.7 Å². The highest BCUT2D eigenvalue weighted by atomic mass is 127. The maximum absolute atomic E-state index is 4.93. The second kappa shape index (κ2) is 8.59. The van der Waals surface area contributed by atoms with E-state index in [0.717, 1.165) is 35.7 Å². The molecule has 2 atom stereocenters. The number of aromatic nitrogens is 2. The molecule has 0 bridgehead atoms. The van der Waals surface area contributed by atoms with Crippen LogP contribution in [0.1, 0.15) is 38.4 Å². The lowest BCUT2D eigenvalue weighted by atomic mass is 9.82. The minimum absolute atomic E-state index is 0. The fraction of sp³-hybridized carbons (Fsp3) is 0.600. The van der Waals surface area contributed by atoms with Gasteiger partial charge in [-0.05, 0) is 43.7 Å². The Bertz CT molecular complexity index is 755. The van der Waals surface area contributed by atoms with Gasteiger partial charge in [0.05, 0.1) is 11.0 Å². The smallest absolute Gasteiger partial charge is 0.194 e. The van der Waals surface area contributed by atoms with E-state index in [0.29, 0.717) is 6.54 Å². The van der Waals surface area contributed by atoms with Gasteiger partial charge in [-0.3, -0.25) is 0 Å². The second-order valence-electron chi connectivity index (χ2n) is 7.46. The van der Waals surface area contributed by atoms with Gasteiger partial charge >= 0.3 is 0 Å². The number of aliphatic imine (C=N–C) groups is 1. The van der Waals surface area contributed by atoms with Crippen LogP contribution >= 0.6 is 24.0 Å². The number of hydrogen-bond donors (Lipinski definition) is 1. The van der Waals surface area contributed by atoms with E-state index < -0.39 is 0 Å². The fourth-order valence-corrected chi connectivity index (χ4v) is 4.49. The van der Waals surface area contributed by atoms with Crippen LogP contribution in [0.3, 0.4) is 0 Å². The van der Waals surface area contributed by atoms with Gasteiger partial charge in [-0.15, -0.1) is 24.0 Å². The molecule has 2 aromatic rings. The number of halogens is 1. The third kappa shape index (κ3) is 3.85. The average molecular weight is 467 g/mol. The topological polar surface area (TPSA) is 45.5 Å². The highest BCUT2D eigenvalue weighted by Gasteiger charge is 2.35. The van der Waals surface area contributed by atoms with Gasteiger partial charge in [0.2, 0.25) is 0 Å². The Morgan fingerprint density at radius 3 is 2.54 bits per heavy atom. The normalized spacial score (nSPS) is 23.0.